The van der Waals surface area contributed by atoms with Crippen LogP contribution in [-0.4, -0.2) is 17.6 Å². The largest absolute Gasteiger partial charge is 0.467 e. The molecule has 0 aliphatic heterocycles. The number of aliphatic hydroxyl groups excluding tert-OH is 1. The first-order valence-corrected chi connectivity index (χ1v) is 6.63. The summed E-state index contributed by atoms with van der Waals surface area (Å²) in [5.74, 6) is 0.218. The van der Waals surface area contributed by atoms with Crippen LogP contribution in [0.3, 0.4) is 0 Å². The van der Waals surface area contributed by atoms with Crippen molar-refractivity contribution in [2.75, 3.05) is 6.54 Å². The summed E-state index contributed by atoms with van der Waals surface area (Å²) >= 11 is 3.33. The SMILES string of the molecule is Cc1ccc(Br)cc1C(=O)NCC(O)c1ccco1. The summed E-state index contributed by atoms with van der Waals surface area (Å²) in [7, 11) is 0. The van der Waals surface area contributed by atoms with E-state index in [0.717, 1.165) is 10.0 Å². The molecule has 1 atom stereocenters. The fourth-order valence-corrected chi connectivity index (χ4v) is 2.07. The van der Waals surface area contributed by atoms with Gasteiger partial charge in [-0.3, -0.25) is 4.79 Å². The molecule has 5 heteroatoms. The maximum atomic E-state index is 12.0. The number of furan rings is 1. The molecular weight excluding hydrogens is 310 g/mol. The summed E-state index contributed by atoms with van der Waals surface area (Å²) in [6, 6.07) is 8.86. The predicted molar refractivity (Wildman–Crippen MR) is 74.9 cm³/mol. The van der Waals surface area contributed by atoms with Crippen molar-refractivity contribution in [3.63, 3.8) is 0 Å². The molecule has 0 fully saturated rings. The van der Waals surface area contributed by atoms with E-state index in [-0.39, 0.29) is 12.5 Å². The number of aryl methyl sites for hydroxylation is 1. The number of aliphatic hydroxyl groups is 1. The van der Waals surface area contributed by atoms with Gasteiger partial charge in [-0.2, -0.15) is 0 Å². The molecule has 1 aromatic carbocycles. The molecule has 1 amide bonds. The van der Waals surface area contributed by atoms with Crippen LogP contribution >= 0.6 is 15.9 Å². The van der Waals surface area contributed by atoms with Crippen molar-refractivity contribution in [3.05, 3.63) is 58.0 Å². The van der Waals surface area contributed by atoms with E-state index in [9.17, 15) is 9.90 Å². The number of nitrogens with one attached hydrogen (secondary N) is 1. The number of benzene rings is 1. The average molecular weight is 324 g/mol. The van der Waals surface area contributed by atoms with Crippen molar-refractivity contribution < 1.29 is 14.3 Å². The molecular formula is C14H14BrNO3. The van der Waals surface area contributed by atoms with Crippen LogP contribution in [0.15, 0.2) is 45.5 Å². The zero-order chi connectivity index (χ0) is 13.8. The number of hydrogen-bond acceptors (Lipinski definition) is 3. The van der Waals surface area contributed by atoms with Gasteiger partial charge >= 0.3 is 0 Å². The fraction of sp³-hybridized carbons (Fsp3) is 0.214. The van der Waals surface area contributed by atoms with Gasteiger partial charge in [0.2, 0.25) is 0 Å². The van der Waals surface area contributed by atoms with E-state index in [4.69, 9.17) is 4.42 Å². The Kier molecular flexibility index (Phi) is 4.39. The van der Waals surface area contributed by atoms with Crippen LogP contribution in [0.1, 0.15) is 27.8 Å². The second-order valence-electron chi connectivity index (χ2n) is 4.20. The van der Waals surface area contributed by atoms with Crippen molar-refractivity contribution in [2.24, 2.45) is 0 Å². The standard InChI is InChI=1S/C14H14BrNO3/c1-9-4-5-10(15)7-11(9)14(18)16-8-12(17)13-3-2-6-19-13/h2-7,12,17H,8H2,1H3,(H,16,18). The van der Waals surface area contributed by atoms with Gasteiger partial charge in [0.15, 0.2) is 0 Å². The van der Waals surface area contributed by atoms with Crippen LogP contribution in [0.25, 0.3) is 0 Å². The van der Waals surface area contributed by atoms with Crippen molar-refractivity contribution in [1.82, 2.24) is 5.32 Å². The molecule has 19 heavy (non-hydrogen) atoms. The lowest BCUT2D eigenvalue weighted by Gasteiger charge is -2.11. The number of carbonyl (C=O) groups is 1. The maximum absolute atomic E-state index is 12.0. The molecule has 0 spiro atoms. The van der Waals surface area contributed by atoms with E-state index in [1.165, 1.54) is 6.26 Å². The van der Waals surface area contributed by atoms with E-state index >= 15 is 0 Å². The number of rotatable bonds is 4. The summed E-state index contributed by atoms with van der Waals surface area (Å²) < 4.78 is 5.91. The molecule has 0 aliphatic rings. The van der Waals surface area contributed by atoms with Gasteiger partial charge in [0.1, 0.15) is 11.9 Å². The van der Waals surface area contributed by atoms with Crippen molar-refractivity contribution in [1.29, 1.82) is 0 Å². The van der Waals surface area contributed by atoms with Gasteiger partial charge in [0, 0.05) is 10.0 Å². The highest BCUT2D eigenvalue weighted by Crippen LogP contribution is 2.16. The molecule has 1 heterocycles. The molecule has 2 aromatic rings. The molecule has 1 aromatic heterocycles. The Morgan fingerprint density at radius 2 is 2.26 bits per heavy atom. The highest BCUT2D eigenvalue weighted by molar-refractivity contribution is 9.10. The lowest BCUT2D eigenvalue weighted by Crippen LogP contribution is -2.28. The number of hydrogen-bond donors (Lipinski definition) is 2. The highest BCUT2D eigenvalue weighted by Gasteiger charge is 2.14. The quantitative estimate of drug-likeness (QED) is 0.909. The Hall–Kier alpha value is -1.59. The van der Waals surface area contributed by atoms with Gasteiger partial charge in [0.05, 0.1) is 12.8 Å². The topological polar surface area (TPSA) is 62.5 Å². The first-order chi connectivity index (χ1) is 9.08. The number of halogens is 1. The third-order valence-electron chi connectivity index (χ3n) is 2.77. The molecule has 2 rings (SSSR count). The van der Waals surface area contributed by atoms with Crippen LogP contribution in [0.4, 0.5) is 0 Å². The maximum Gasteiger partial charge on any atom is 0.251 e. The lowest BCUT2D eigenvalue weighted by molar-refractivity contribution is 0.0900. The number of amides is 1. The van der Waals surface area contributed by atoms with Crippen LogP contribution in [0.2, 0.25) is 0 Å². The highest BCUT2D eigenvalue weighted by atomic mass is 79.9. The molecule has 100 valence electrons. The second-order valence-corrected chi connectivity index (χ2v) is 5.12. The minimum atomic E-state index is -0.841. The Morgan fingerprint density at radius 1 is 1.47 bits per heavy atom. The Morgan fingerprint density at radius 3 is 2.95 bits per heavy atom. The second kappa shape index (κ2) is 6.04. The monoisotopic (exact) mass is 323 g/mol. The normalized spacial score (nSPS) is 12.2. The smallest absolute Gasteiger partial charge is 0.251 e. The summed E-state index contributed by atoms with van der Waals surface area (Å²) in [5, 5.41) is 12.5. The molecule has 4 nitrogen and oxygen atoms in total. The molecule has 0 saturated carbocycles. The Balaban J connectivity index is 2.00. The van der Waals surface area contributed by atoms with Gasteiger partial charge in [-0.05, 0) is 36.8 Å². The summed E-state index contributed by atoms with van der Waals surface area (Å²) in [5.41, 5.74) is 1.47. The van der Waals surface area contributed by atoms with Crippen LogP contribution in [-0.2, 0) is 0 Å². The number of carbonyl (C=O) groups excluding carboxylic acids is 1. The lowest BCUT2D eigenvalue weighted by atomic mass is 10.1. The minimum absolute atomic E-state index is 0.109. The molecule has 0 bridgehead atoms. The van der Waals surface area contributed by atoms with Gasteiger partial charge in [-0.1, -0.05) is 22.0 Å². The molecule has 1 unspecified atom stereocenters. The van der Waals surface area contributed by atoms with E-state index in [0.29, 0.717) is 11.3 Å². The van der Waals surface area contributed by atoms with E-state index < -0.39 is 6.10 Å². The van der Waals surface area contributed by atoms with Crippen molar-refractivity contribution in [3.8, 4) is 0 Å². The van der Waals surface area contributed by atoms with Crippen molar-refractivity contribution >= 4 is 21.8 Å². The molecule has 0 aliphatic carbocycles. The van der Waals surface area contributed by atoms with Crippen LogP contribution in [0.5, 0.6) is 0 Å². The van der Waals surface area contributed by atoms with E-state index in [2.05, 4.69) is 21.2 Å². The fourth-order valence-electron chi connectivity index (χ4n) is 1.70. The van der Waals surface area contributed by atoms with E-state index in [1.54, 1.807) is 18.2 Å². The summed E-state index contributed by atoms with van der Waals surface area (Å²) in [6.07, 6.45) is 0.644. The zero-order valence-electron chi connectivity index (χ0n) is 10.4. The average Bonchev–Trinajstić information content (AvgIpc) is 2.92. The van der Waals surface area contributed by atoms with Gasteiger partial charge < -0.3 is 14.8 Å². The van der Waals surface area contributed by atoms with Crippen molar-refractivity contribution in [2.45, 2.75) is 13.0 Å². The first-order valence-electron chi connectivity index (χ1n) is 5.83. The van der Waals surface area contributed by atoms with Crippen LogP contribution < -0.4 is 5.32 Å². The molecule has 0 saturated heterocycles. The van der Waals surface area contributed by atoms with Crippen LogP contribution in [0, 0.1) is 6.92 Å². The minimum Gasteiger partial charge on any atom is -0.467 e. The van der Waals surface area contributed by atoms with Gasteiger partial charge in [-0.15, -0.1) is 0 Å². The Bertz CT molecular complexity index is 566. The first kappa shape index (κ1) is 13.8. The van der Waals surface area contributed by atoms with E-state index in [1.807, 2.05) is 19.1 Å². The third kappa shape index (κ3) is 3.45. The third-order valence-corrected chi connectivity index (χ3v) is 3.27. The van der Waals surface area contributed by atoms with Gasteiger partial charge in [-0.25, -0.2) is 0 Å². The Labute approximate surface area is 119 Å². The summed E-state index contributed by atoms with van der Waals surface area (Å²) in [4.78, 5) is 12.0. The predicted octanol–water partition coefficient (Wildman–Crippen LogP) is 2.81. The zero-order valence-corrected chi connectivity index (χ0v) is 12.0. The molecule has 2 N–H and O–H groups in total. The summed E-state index contributed by atoms with van der Waals surface area (Å²) in [6.45, 7) is 1.97. The molecule has 0 radical (unpaired) electrons. The van der Waals surface area contributed by atoms with Gasteiger partial charge in [0.25, 0.3) is 5.91 Å².